The van der Waals surface area contributed by atoms with Crippen LogP contribution in [0.4, 0.5) is 0 Å². The zero-order chi connectivity index (χ0) is 15.4. The number of carbonyl (C=O) groups is 1. The Kier molecular flexibility index (Phi) is 4.98. The van der Waals surface area contributed by atoms with Crippen LogP contribution in [0.2, 0.25) is 0 Å². The third kappa shape index (κ3) is 3.43. The van der Waals surface area contributed by atoms with Gasteiger partial charge in [0.05, 0.1) is 6.10 Å². The molecule has 1 amide bonds. The van der Waals surface area contributed by atoms with E-state index in [1.807, 2.05) is 24.3 Å². The Labute approximate surface area is 132 Å². The minimum atomic E-state index is 0.0877. The average molecular weight is 302 g/mol. The molecule has 0 saturated heterocycles. The number of nitrogens with one attached hydrogen (secondary N) is 1. The largest absolute Gasteiger partial charge is 0.490 e. The smallest absolute Gasteiger partial charge is 0.223 e. The maximum Gasteiger partial charge on any atom is 0.223 e. The molecule has 1 aromatic carbocycles. The monoisotopic (exact) mass is 302 g/mol. The first-order valence-corrected chi connectivity index (χ1v) is 8.50. The lowest BCUT2D eigenvalue weighted by Gasteiger charge is -2.27. The number of hydrogen-bond acceptors (Lipinski definition) is 3. The van der Waals surface area contributed by atoms with Gasteiger partial charge in [0.1, 0.15) is 5.75 Å². The van der Waals surface area contributed by atoms with Crippen molar-refractivity contribution in [3.05, 3.63) is 29.8 Å². The maximum atomic E-state index is 12.4. The van der Waals surface area contributed by atoms with E-state index in [9.17, 15) is 4.79 Å². The number of nitrogens with two attached hydrogens (primary N) is 1. The van der Waals surface area contributed by atoms with Gasteiger partial charge in [0.2, 0.25) is 5.91 Å². The second-order valence-electron chi connectivity index (χ2n) is 6.53. The van der Waals surface area contributed by atoms with Crippen molar-refractivity contribution in [3.63, 3.8) is 0 Å². The van der Waals surface area contributed by atoms with E-state index in [1.165, 1.54) is 6.42 Å². The zero-order valence-corrected chi connectivity index (χ0v) is 13.1. The third-order valence-electron chi connectivity index (χ3n) is 5.07. The minimum absolute atomic E-state index is 0.0877. The van der Waals surface area contributed by atoms with Gasteiger partial charge < -0.3 is 15.8 Å². The summed E-state index contributed by atoms with van der Waals surface area (Å²) in [5, 5.41) is 3.08. The predicted octanol–water partition coefficient (Wildman–Crippen LogP) is 2.61. The molecule has 0 aromatic heterocycles. The molecule has 3 rings (SSSR count). The topological polar surface area (TPSA) is 64.4 Å². The van der Waals surface area contributed by atoms with E-state index in [4.69, 9.17) is 10.5 Å². The molecule has 3 N–H and O–H groups in total. The fraction of sp³-hybridized carbons (Fsp3) is 0.611. The van der Waals surface area contributed by atoms with E-state index >= 15 is 0 Å². The van der Waals surface area contributed by atoms with Crippen molar-refractivity contribution in [2.75, 3.05) is 6.54 Å². The van der Waals surface area contributed by atoms with Crippen LogP contribution in [0.1, 0.15) is 44.1 Å². The van der Waals surface area contributed by atoms with Crippen molar-refractivity contribution in [2.45, 2.75) is 51.2 Å². The Bertz CT molecular complexity index is 514. The van der Waals surface area contributed by atoms with E-state index in [1.54, 1.807) is 0 Å². The van der Waals surface area contributed by atoms with E-state index in [-0.39, 0.29) is 11.8 Å². The first-order chi connectivity index (χ1) is 10.8. The first-order valence-electron chi connectivity index (χ1n) is 8.50. The van der Waals surface area contributed by atoms with Gasteiger partial charge in [0.15, 0.2) is 0 Å². The second kappa shape index (κ2) is 7.14. The van der Waals surface area contributed by atoms with Gasteiger partial charge in [-0.1, -0.05) is 24.6 Å². The highest BCUT2D eigenvalue weighted by Crippen LogP contribution is 2.31. The van der Waals surface area contributed by atoms with Crippen LogP contribution in [0.15, 0.2) is 24.3 Å². The van der Waals surface area contributed by atoms with Gasteiger partial charge in [-0.2, -0.15) is 0 Å². The Morgan fingerprint density at radius 1 is 1.18 bits per heavy atom. The van der Waals surface area contributed by atoms with Crippen LogP contribution < -0.4 is 15.8 Å². The van der Waals surface area contributed by atoms with Crippen LogP contribution in [0.25, 0.3) is 0 Å². The molecule has 0 spiro atoms. The summed E-state index contributed by atoms with van der Waals surface area (Å²) in [7, 11) is 0. The normalized spacial score (nSPS) is 24.8. The van der Waals surface area contributed by atoms with Crippen molar-refractivity contribution >= 4 is 5.91 Å². The Morgan fingerprint density at radius 2 is 1.95 bits per heavy atom. The lowest BCUT2D eigenvalue weighted by atomic mass is 9.95. The zero-order valence-electron chi connectivity index (χ0n) is 13.1. The number of ether oxygens (including phenoxy) is 1. The summed E-state index contributed by atoms with van der Waals surface area (Å²) in [5.74, 6) is 1.49. The summed E-state index contributed by atoms with van der Waals surface area (Å²) in [5.41, 5.74) is 6.83. The van der Waals surface area contributed by atoms with Crippen molar-refractivity contribution < 1.29 is 9.53 Å². The summed E-state index contributed by atoms with van der Waals surface area (Å²) in [6.07, 6.45) is 7.05. The average Bonchev–Trinajstić information content (AvgIpc) is 2.98. The molecule has 4 heteroatoms. The summed E-state index contributed by atoms with van der Waals surface area (Å²) < 4.78 is 6.01. The van der Waals surface area contributed by atoms with Crippen LogP contribution in [0, 0.1) is 11.8 Å². The molecule has 2 aliphatic rings. The molecule has 2 aliphatic carbocycles. The molecule has 2 fully saturated rings. The number of para-hydroxylation sites is 1. The van der Waals surface area contributed by atoms with Crippen LogP contribution in [0.5, 0.6) is 5.75 Å². The number of carbonyl (C=O) groups excluding carboxylic acids is 1. The molecule has 0 heterocycles. The van der Waals surface area contributed by atoms with Crippen LogP contribution in [-0.2, 0) is 11.3 Å². The van der Waals surface area contributed by atoms with E-state index in [0.717, 1.165) is 43.4 Å². The number of amides is 1. The van der Waals surface area contributed by atoms with E-state index in [0.29, 0.717) is 25.1 Å². The Hall–Kier alpha value is -1.55. The third-order valence-corrected chi connectivity index (χ3v) is 5.07. The van der Waals surface area contributed by atoms with Crippen molar-refractivity contribution in [2.24, 2.45) is 17.6 Å². The lowest BCUT2D eigenvalue weighted by Crippen LogP contribution is -2.35. The van der Waals surface area contributed by atoms with Gasteiger partial charge in [-0.3, -0.25) is 4.79 Å². The molecule has 120 valence electrons. The maximum absolute atomic E-state index is 12.4. The van der Waals surface area contributed by atoms with E-state index < -0.39 is 0 Å². The summed E-state index contributed by atoms with van der Waals surface area (Å²) >= 11 is 0. The van der Waals surface area contributed by atoms with Gasteiger partial charge in [0, 0.05) is 18.0 Å². The van der Waals surface area contributed by atoms with Gasteiger partial charge in [-0.15, -0.1) is 0 Å². The fourth-order valence-corrected chi connectivity index (χ4v) is 3.41. The second-order valence-corrected chi connectivity index (χ2v) is 6.53. The minimum Gasteiger partial charge on any atom is -0.490 e. The first kappa shape index (κ1) is 15.3. The fourth-order valence-electron chi connectivity index (χ4n) is 3.41. The summed E-state index contributed by atoms with van der Waals surface area (Å²) in [4.78, 5) is 12.4. The van der Waals surface area contributed by atoms with Gasteiger partial charge in [0.25, 0.3) is 0 Å². The molecular weight excluding hydrogens is 276 g/mol. The molecular formula is C18H26N2O2. The van der Waals surface area contributed by atoms with Crippen LogP contribution in [0.3, 0.4) is 0 Å². The van der Waals surface area contributed by atoms with Crippen molar-refractivity contribution in [1.82, 2.24) is 5.32 Å². The molecule has 0 bridgehead atoms. The highest BCUT2D eigenvalue weighted by Gasteiger charge is 2.31. The quantitative estimate of drug-likeness (QED) is 0.849. The SMILES string of the molecule is NC[C@H]1CCC[C@H]1C(=O)NCc1ccccc1OC1CCC1. The molecule has 0 aliphatic heterocycles. The molecule has 2 atom stereocenters. The highest BCUT2D eigenvalue weighted by atomic mass is 16.5. The standard InChI is InChI=1S/C18H26N2O2/c19-11-13-6-3-9-16(13)18(21)20-12-14-5-1-2-10-17(14)22-15-7-4-8-15/h1-2,5,10,13,15-16H,3-4,6-9,11-12,19H2,(H,20,21)/t13-,16-/m1/s1. The summed E-state index contributed by atoms with van der Waals surface area (Å²) in [6, 6.07) is 8.01. The van der Waals surface area contributed by atoms with Gasteiger partial charge >= 0.3 is 0 Å². The molecule has 4 nitrogen and oxygen atoms in total. The molecule has 22 heavy (non-hydrogen) atoms. The Balaban J connectivity index is 1.57. The van der Waals surface area contributed by atoms with Crippen molar-refractivity contribution in [3.8, 4) is 5.75 Å². The number of hydrogen-bond donors (Lipinski definition) is 2. The number of rotatable bonds is 6. The highest BCUT2D eigenvalue weighted by molar-refractivity contribution is 5.79. The van der Waals surface area contributed by atoms with Crippen LogP contribution in [-0.4, -0.2) is 18.6 Å². The molecule has 2 saturated carbocycles. The summed E-state index contributed by atoms with van der Waals surface area (Å²) in [6.45, 7) is 1.15. The van der Waals surface area contributed by atoms with Crippen LogP contribution >= 0.6 is 0 Å². The van der Waals surface area contributed by atoms with Gasteiger partial charge in [-0.05, 0) is 50.6 Å². The van der Waals surface area contributed by atoms with E-state index in [2.05, 4.69) is 5.32 Å². The lowest BCUT2D eigenvalue weighted by molar-refractivity contribution is -0.126. The molecule has 0 unspecified atom stereocenters. The molecule has 0 radical (unpaired) electrons. The predicted molar refractivity (Wildman–Crippen MR) is 86.4 cm³/mol. The number of benzene rings is 1. The Morgan fingerprint density at radius 3 is 2.68 bits per heavy atom. The van der Waals surface area contributed by atoms with Gasteiger partial charge in [-0.25, -0.2) is 0 Å². The molecule has 1 aromatic rings. The van der Waals surface area contributed by atoms with Crippen molar-refractivity contribution in [1.29, 1.82) is 0 Å².